The van der Waals surface area contributed by atoms with E-state index in [4.69, 9.17) is 5.73 Å². The lowest BCUT2D eigenvalue weighted by Gasteiger charge is -2.08. The third-order valence-electron chi connectivity index (χ3n) is 2.91. The monoisotopic (exact) mass is 289 g/mol. The fraction of sp³-hybridized carbons (Fsp3) is 0.0714. The Kier molecular flexibility index (Phi) is 3.84. The summed E-state index contributed by atoms with van der Waals surface area (Å²) in [7, 11) is 0. The van der Waals surface area contributed by atoms with Crippen LogP contribution in [-0.2, 0) is 0 Å². The number of amides is 1. The first kappa shape index (κ1) is 14.4. The molecule has 0 aromatic heterocycles. The van der Waals surface area contributed by atoms with Gasteiger partial charge >= 0.3 is 5.69 Å². The van der Waals surface area contributed by atoms with Crippen molar-refractivity contribution in [3.63, 3.8) is 0 Å². The van der Waals surface area contributed by atoms with Gasteiger partial charge in [0.2, 0.25) is 0 Å². The van der Waals surface area contributed by atoms with Gasteiger partial charge in [-0.05, 0) is 42.8 Å². The molecular weight excluding hydrogens is 277 g/mol. The van der Waals surface area contributed by atoms with Gasteiger partial charge in [-0.1, -0.05) is 6.07 Å². The van der Waals surface area contributed by atoms with E-state index in [-0.39, 0.29) is 11.3 Å². The average molecular weight is 289 g/mol. The van der Waals surface area contributed by atoms with Crippen molar-refractivity contribution in [2.24, 2.45) is 0 Å². The summed E-state index contributed by atoms with van der Waals surface area (Å²) < 4.78 is 13.2. The molecule has 2 aromatic rings. The Morgan fingerprint density at radius 1 is 1.33 bits per heavy atom. The fourth-order valence-corrected chi connectivity index (χ4v) is 1.87. The van der Waals surface area contributed by atoms with Crippen molar-refractivity contribution < 1.29 is 14.1 Å². The van der Waals surface area contributed by atoms with Crippen LogP contribution in [0.1, 0.15) is 15.9 Å². The summed E-state index contributed by atoms with van der Waals surface area (Å²) >= 11 is 0. The maximum absolute atomic E-state index is 13.2. The molecule has 21 heavy (non-hydrogen) atoms. The van der Waals surface area contributed by atoms with Gasteiger partial charge in [0.1, 0.15) is 17.1 Å². The third kappa shape index (κ3) is 2.97. The van der Waals surface area contributed by atoms with Gasteiger partial charge in [0, 0.05) is 5.69 Å². The van der Waals surface area contributed by atoms with Crippen LogP contribution in [0.5, 0.6) is 0 Å². The molecule has 1 amide bonds. The summed E-state index contributed by atoms with van der Waals surface area (Å²) in [5, 5.41) is 13.5. The molecule has 0 aliphatic carbocycles. The zero-order valence-corrected chi connectivity index (χ0v) is 11.1. The van der Waals surface area contributed by atoms with Crippen LogP contribution < -0.4 is 11.1 Å². The molecule has 0 unspecified atom stereocenters. The second-order valence-corrected chi connectivity index (χ2v) is 4.42. The molecule has 0 bridgehead atoms. The molecule has 0 atom stereocenters. The molecule has 0 saturated heterocycles. The van der Waals surface area contributed by atoms with Crippen molar-refractivity contribution in [3.8, 4) is 0 Å². The number of nitrogen functional groups attached to an aromatic ring is 1. The molecule has 6 nitrogen and oxygen atoms in total. The van der Waals surface area contributed by atoms with Gasteiger partial charge in [-0.25, -0.2) is 4.39 Å². The smallest absolute Gasteiger partial charge is 0.304 e. The first-order chi connectivity index (χ1) is 9.90. The quantitative estimate of drug-likeness (QED) is 0.515. The molecule has 0 aliphatic heterocycles. The highest BCUT2D eigenvalue weighted by molar-refractivity contribution is 6.08. The van der Waals surface area contributed by atoms with Gasteiger partial charge in [0.15, 0.2) is 0 Å². The zero-order chi connectivity index (χ0) is 15.6. The van der Waals surface area contributed by atoms with E-state index in [0.717, 1.165) is 0 Å². The number of para-hydroxylation sites is 1. The number of anilines is 2. The van der Waals surface area contributed by atoms with Crippen molar-refractivity contribution in [1.82, 2.24) is 0 Å². The second kappa shape index (κ2) is 5.58. The van der Waals surface area contributed by atoms with Crippen LogP contribution in [0.15, 0.2) is 36.4 Å². The van der Waals surface area contributed by atoms with E-state index in [2.05, 4.69) is 5.32 Å². The molecule has 2 rings (SSSR count). The average Bonchev–Trinajstić information content (AvgIpc) is 2.42. The zero-order valence-electron chi connectivity index (χ0n) is 11.1. The summed E-state index contributed by atoms with van der Waals surface area (Å²) in [5.41, 5.74) is 5.53. The van der Waals surface area contributed by atoms with Crippen molar-refractivity contribution in [1.29, 1.82) is 0 Å². The second-order valence-electron chi connectivity index (χ2n) is 4.42. The Morgan fingerprint density at radius 3 is 2.67 bits per heavy atom. The van der Waals surface area contributed by atoms with Gasteiger partial charge in [0.05, 0.1) is 4.92 Å². The van der Waals surface area contributed by atoms with E-state index in [0.29, 0.717) is 11.3 Å². The van der Waals surface area contributed by atoms with Crippen LogP contribution in [0.25, 0.3) is 0 Å². The lowest BCUT2D eigenvalue weighted by molar-refractivity contribution is -0.384. The number of nitrogens with one attached hydrogen (secondary N) is 1. The number of nitrogens with zero attached hydrogens (tertiary/aromatic N) is 1. The van der Waals surface area contributed by atoms with Crippen molar-refractivity contribution >= 4 is 23.0 Å². The minimum atomic E-state index is -0.708. The van der Waals surface area contributed by atoms with Crippen LogP contribution in [0.2, 0.25) is 0 Å². The topological polar surface area (TPSA) is 98.3 Å². The maximum atomic E-state index is 13.2. The molecule has 0 spiro atoms. The molecule has 0 saturated carbocycles. The van der Waals surface area contributed by atoms with Crippen LogP contribution in [-0.4, -0.2) is 10.8 Å². The van der Waals surface area contributed by atoms with Gasteiger partial charge in [-0.2, -0.15) is 0 Å². The van der Waals surface area contributed by atoms with Gasteiger partial charge < -0.3 is 11.1 Å². The van der Waals surface area contributed by atoms with Crippen LogP contribution in [0, 0.1) is 22.9 Å². The summed E-state index contributed by atoms with van der Waals surface area (Å²) in [4.78, 5) is 22.4. The molecular formula is C14H12FN3O3. The SMILES string of the molecule is Cc1cc(NC(=O)c2cccc(N)c2[N+](=O)[O-])ccc1F. The summed E-state index contributed by atoms with van der Waals surface area (Å²) in [6, 6.07) is 8.12. The predicted molar refractivity (Wildman–Crippen MR) is 76.6 cm³/mol. The lowest BCUT2D eigenvalue weighted by Crippen LogP contribution is -2.15. The number of aryl methyl sites for hydroxylation is 1. The molecule has 0 heterocycles. The van der Waals surface area contributed by atoms with E-state index < -0.39 is 22.3 Å². The molecule has 0 aliphatic rings. The van der Waals surface area contributed by atoms with Crippen molar-refractivity contribution in [3.05, 3.63) is 63.5 Å². The molecule has 108 valence electrons. The number of nitro benzene ring substituents is 1. The number of carbonyl (C=O) groups excluding carboxylic acids is 1. The number of hydrogen-bond donors (Lipinski definition) is 2. The number of benzene rings is 2. The molecule has 7 heteroatoms. The number of hydrogen-bond acceptors (Lipinski definition) is 4. The number of nitrogens with two attached hydrogens (primary N) is 1. The maximum Gasteiger partial charge on any atom is 0.304 e. The van der Waals surface area contributed by atoms with Crippen LogP contribution >= 0.6 is 0 Å². The Morgan fingerprint density at radius 2 is 2.05 bits per heavy atom. The molecule has 0 fully saturated rings. The number of nitro groups is 1. The number of rotatable bonds is 3. The number of carbonyl (C=O) groups is 1. The standard InChI is InChI=1S/C14H12FN3O3/c1-8-7-9(5-6-11(8)15)17-14(19)10-3-2-4-12(16)13(10)18(20)21/h2-7H,16H2,1H3,(H,17,19). The summed E-state index contributed by atoms with van der Waals surface area (Å²) in [6.07, 6.45) is 0. The normalized spacial score (nSPS) is 10.2. The van der Waals surface area contributed by atoms with Gasteiger partial charge in [-0.15, -0.1) is 0 Å². The minimum absolute atomic E-state index is 0.0945. The molecule has 2 aromatic carbocycles. The molecule has 0 radical (unpaired) electrons. The lowest BCUT2D eigenvalue weighted by atomic mass is 10.1. The Bertz CT molecular complexity index is 731. The Balaban J connectivity index is 2.35. The Hall–Kier alpha value is -2.96. The first-order valence-corrected chi connectivity index (χ1v) is 6.00. The van der Waals surface area contributed by atoms with E-state index >= 15 is 0 Å². The first-order valence-electron chi connectivity index (χ1n) is 6.00. The highest BCUT2D eigenvalue weighted by Crippen LogP contribution is 2.26. The van der Waals surface area contributed by atoms with Crippen molar-refractivity contribution in [2.45, 2.75) is 6.92 Å². The van der Waals surface area contributed by atoms with Crippen LogP contribution in [0.3, 0.4) is 0 Å². The molecule has 3 N–H and O–H groups in total. The summed E-state index contributed by atoms with van der Waals surface area (Å²) in [5.74, 6) is -1.08. The highest BCUT2D eigenvalue weighted by Gasteiger charge is 2.23. The predicted octanol–water partition coefficient (Wildman–Crippen LogP) is 2.88. The summed E-state index contributed by atoms with van der Waals surface area (Å²) in [6.45, 7) is 1.55. The third-order valence-corrected chi connectivity index (χ3v) is 2.91. The van der Waals surface area contributed by atoms with E-state index in [1.54, 1.807) is 6.92 Å². The minimum Gasteiger partial charge on any atom is -0.393 e. The van der Waals surface area contributed by atoms with E-state index in [1.807, 2.05) is 0 Å². The number of halogens is 1. The van der Waals surface area contributed by atoms with E-state index in [1.165, 1.54) is 36.4 Å². The van der Waals surface area contributed by atoms with E-state index in [9.17, 15) is 19.3 Å². The van der Waals surface area contributed by atoms with Gasteiger partial charge in [0.25, 0.3) is 5.91 Å². The van der Waals surface area contributed by atoms with Gasteiger partial charge in [-0.3, -0.25) is 14.9 Å². The fourth-order valence-electron chi connectivity index (χ4n) is 1.87. The van der Waals surface area contributed by atoms with Crippen molar-refractivity contribution in [2.75, 3.05) is 11.1 Å². The highest BCUT2D eigenvalue weighted by atomic mass is 19.1. The largest absolute Gasteiger partial charge is 0.393 e. The van der Waals surface area contributed by atoms with Crippen LogP contribution in [0.4, 0.5) is 21.5 Å². The Labute approximate surface area is 119 Å².